The summed E-state index contributed by atoms with van der Waals surface area (Å²) in [7, 11) is 0. The van der Waals surface area contributed by atoms with Crippen LogP contribution in [0, 0.1) is 0 Å². The number of furan rings is 1. The molecule has 0 radical (unpaired) electrons. The molecule has 19 heavy (non-hydrogen) atoms. The third-order valence-corrected chi connectivity index (χ3v) is 3.63. The van der Waals surface area contributed by atoms with Gasteiger partial charge in [0.15, 0.2) is 0 Å². The van der Waals surface area contributed by atoms with Crippen molar-refractivity contribution in [3.8, 4) is 0 Å². The van der Waals surface area contributed by atoms with E-state index in [-0.39, 0.29) is 5.97 Å². The molecule has 2 rings (SSSR count). The monoisotopic (exact) mass is 265 g/mol. The second-order valence-electron chi connectivity index (χ2n) is 5.06. The van der Waals surface area contributed by atoms with E-state index < -0.39 is 0 Å². The Morgan fingerprint density at radius 1 is 1.53 bits per heavy atom. The number of nitrogens with zero attached hydrogens (tertiary/aromatic N) is 1. The Hall–Kier alpha value is -1.29. The van der Waals surface area contributed by atoms with Gasteiger partial charge in [0.25, 0.3) is 0 Å². The molecule has 1 aromatic rings. The first-order valence-corrected chi connectivity index (χ1v) is 7.21. The van der Waals surface area contributed by atoms with E-state index in [1.807, 2.05) is 13.0 Å². The molecule has 1 fully saturated rings. The molecule has 0 amide bonds. The first-order valence-electron chi connectivity index (χ1n) is 7.21. The van der Waals surface area contributed by atoms with Crippen molar-refractivity contribution in [1.82, 2.24) is 4.90 Å². The Kier molecular flexibility index (Phi) is 5.45. The highest BCUT2D eigenvalue weighted by molar-refractivity contribution is 5.69. The zero-order chi connectivity index (χ0) is 13.5. The highest BCUT2D eigenvalue weighted by atomic mass is 16.5. The molecule has 0 N–H and O–H groups in total. The summed E-state index contributed by atoms with van der Waals surface area (Å²) in [5.74, 6) is 1.58. The van der Waals surface area contributed by atoms with Crippen LogP contribution in [-0.4, -0.2) is 37.1 Å². The summed E-state index contributed by atoms with van der Waals surface area (Å²) >= 11 is 0. The summed E-state index contributed by atoms with van der Waals surface area (Å²) in [5.41, 5.74) is 0. The molecular formula is C15H23NO3. The maximum absolute atomic E-state index is 11.2. The Bertz CT molecular complexity index is 375. The van der Waals surface area contributed by atoms with Gasteiger partial charge in [-0.15, -0.1) is 0 Å². The number of ether oxygens (including phenoxy) is 1. The summed E-state index contributed by atoms with van der Waals surface area (Å²) in [6, 6.07) is 4.02. The quantitative estimate of drug-likeness (QED) is 0.561. The average Bonchev–Trinajstić information content (AvgIpc) is 3.05. The van der Waals surface area contributed by atoms with E-state index in [0.29, 0.717) is 18.9 Å². The lowest BCUT2D eigenvalue weighted by molar-refractivity contribution is -0.143. The summed E-state index contributed by atoms with van der Waals surface area (Å²) in [4.78, 5) is 13.7. The molecule has 4 nitrogen and oxygen atoms in total. The van der Waals surface area contributed by atoms with Gasteiger partial charge >= 0.3 is 5.97 Å². The van der Waals surface area contributed by atoms with Gasteiger partial charge in [-0.2, -0.15) is 0 Å². The van der Waals surface area contributed by atoms with Crippen LogP contribution in [0.2, 0.25) is 0 Å². The van der Waals surface area contributed by atoms with Crippen molar-refractivity contribution >= 4 is 5.97 Å². The molecule has 2 heterocycles. The summed E-state index contributed by atoms with van der Waals surface area (Å²) in [6.45, 7) is 5.60. The van der Waals surface area contributed by atoms with E-state index in [9.17, 15) is 4.79 Å². The average molecular weight is 265 g/mol. The lowest BCUT2D eigenvalue weighted by Crippen LogP contribution is -2.21. The van der Waals surface area contributed by atoms with Crippen LogP contribution in [0.1, 0.15) is 44.3 Å². The highest BCUT2D eigenvalue weighted by Gasteiger charge is 2.25. The Morgan fingerprint density at radius 3 is 3.16 bits per heavy atom. The van der Waals surface area contributed by atoms with Crippen LogP contribution >= 0.6 is 0 Å². The minimum Gasteiger partial charge on any atom is -0.469 e. The number of hydrogen-bond acceptors (Lipinski definition) is 4. The third-order valence-electron chi connectivity index (χ3n) is 3.63. The van der Waals surface area contributed by atoms with E-state index in [0.717, 1.165) is 38.2 Å². The van der Waals surface area contributed by atoms with Gasteiger partial charge in [0.05, 0.1) is 12.9 Å². The van der Waals surface area contributed by atoms with E-state index in [4.69, 9.17) is 9.15 Å². The Labute approximate surface area is 114 Å². The van der Waals surface area contributed by atoms with Crippen molar-refractivity contribution in [3.05, 3.63) is 24.2 Å². The van der Waals surface area contributed by atoms with Gasteiger partial charge in [-0.05, 0) is 51.4 Å². The molecule has 4 heteroatoms. The smallest absolute Gasteiger partial charge is 0.305 e. The number of carbonyl (C=O) groups excluding carboxylic acids is 1. The van der Waals surface area contributed by atoms with E-state index >= 15 is 0 Å². The standard InChI is InChI=1S/C15H23NO3/c1-2-18-15(17)7-3-4-9-16-10-8-13(12-16)14-6-5-11-19-14/h5-6,11,13H,2-4,7-10,12H2,1H3. The fourth-order valence-electron chi connectivity index (χ4n) is 2.63. The van der Waals surface area contributed by atoms with E-state index in [2.05, 4.69) is 11.0 Å². The largest absolute Gasteiger partial charge is 0.469 e. The van der Waals surface area contributed by atoms with Gasteiger partial charge in [-0.1, -0.05) is 0 Å². The van der Waals surface area contributed by atoms with Crippen LogP contribution in [0.15, 0.2) is 22.8 Å². The second-order valence-corrected chi connectivity index (χ2v) is 5.06. The van der Waals surface area contributed by atoms with Gasteiger partial charge in [0.1, 0.15) is 5.76 Å². The highest BCUT2D eigenvalue weighted by Crippen LogP contribution is 2.27. The van der Waals surface area contributed by atoms with Crippen molar-refractivity contribution in [2.45, 2.75) is 38.5 Å². The molecule has 1 aromatic heterocycles. The first kappa shape index (κ1) is 14.1. The zero-order valence-corrected chi connectivity index (χ0v) is 11.6. The normalized spacial score (nSPS) is 19.7. The van der Waals surface area contributed by atoms with Crippen molar-refractivity contribution in [2.24, 2.45) is 0 Å². The van der Waals surface area contributed by atoms with Crippen LogP contribution in [0.4, 0.5) is 0 Å². The molecular weight excluding hydrogens is 242 g/mol. The van der Waals surface area contributed by atoms with Crippen molar-refractivity contribution in [3.63, 3.8) is 0 Å². The van der Waals surface area contributed by atoms with Gasteiger partial charge in [0.2, 0.25) is 0 Å². The van der Waals surface area contributed by atoms with Crippen LogP contribution in [-0.2, 0) is 9.53 Å². The predicted octanol–water partition coefficient (Wildman–Crippen LogP) is 2.80. The first-order chi connectivity index (χ1) is 9.29. The van der Waals surface area contributed by atoms with Crippen molar-refractivity contribution < 1.29 is 13.9 Å². The van der Waals surface area contributed by atoms with Crippen molar-refractivity contribution in [2.75, 3.05) is 26.2 Å². The molecule has 0 aromatic carbocycles. The molecule has 1 aliphatic rings. The topological polar surface area (TPSA) is 42.7 Å². The van der Waals surface area contributed by atoms with Crippen LogP contribution in [0.25, 0.3) is 0 Å². The number of hydrogen-bond donors (Lipinski definition) is 0. The Morgan fingerprint density at radius 2 is 2.42 bits per heavy atom. The SMILES string of the molecule is CCOC(=O)CCCCN1CCC(c2ccco2)C1. The molecule has 0 saturated carbocycles. The Balaban J connectivity index is 1.59. The molecule has 106 valence electrons. The predicted molar refractivity (Wildman–Crippen MR) is 73.0 cm³/mol. The number of likely N-dealkylation sites (tertiary alicyclic amines) is 1. The van der Waals surface area contributed by atoms with Crippen LogP contribution in [0.3, 0.4) is 0 Å². The molecule has 0 bridgehead atoms. The minimum atomic E-state index is -0.0719. The molecule has 1 unspecified atom stereocenters. The van der Waals surface area contributed by atoms with Crippen LogP contribution in [0.5, 0.6) is 0 Å². The number of esters is 1. The zero-order valence-electron chi connectivity index (χ0n) is 11.6. The van der Waals surface area contributed by atoms with Crippen molar-refractivity contribution in [1.29, 1.82) is 0 Å². The van der Waals surface area contributed by atoms with Gasteiger partial charge in [-0.25, -0.2) is 0 Å². The third kappa shape index (κ3) is 4.39. The minimum absolute atomic E-state index is 0.0719. The van der Waals surface area contributed by atoms with Crippen LogP contribution < -0.4 is 0 Å². The molecule has 1 atom stereocenters. The maximum atomic E-state index is 11.2. The number of unbranched alkanes of at least 4 members (excludes halogenated alkanes) is 1. The van der Waals surface area contributed by atoms with Gasteiger partial charge in [-0.3, -0.25) is 4.79 Å². The molecule has 1 aliphatic heterocycles. The fourth-order valence-corrected chi connectivity index (χ4v) is 2.63. The lowest BCUT2D eigenvalue weighted by atomic mass is 10.1. The van der Waals surface area contributed by atoms with E-state index in [1.54, 1.807) is 6.26 Å². The second kappa shape index (κ2) is 7.34. The molecule has 0 aliphatic carbocycles. The van der Waals surface area contributed by atoms with E-state index in [1.165, 1.54) is 6.42 Å². The van der Waals surface area contributed by atoms with Gasteiger partial charge < -0.3 is 14.1 Å². The summed E-state index contributed by atoms with van der Waals surface area (Å²) in [6.07, 6.45) is 5.44. The molecule has 0 spiro atoms. The maximum Gasteiger partial charge on any atom is 0.305 e. The summed E-state index contributed by atoms with van der Waals surface area (Å²) in [5, 5.41) is 0. The number of carbonyl (C=O) groups is 1. The van der Waals surface area contributed by atoms with Gasteiger partial charge in [0, 0.05) is 18.9 Å². The number of rotatable bonds is 7. The summed E-state index contributed by atoms with van der Waals surface area (Å²) < 4.78 is 10.4. The lowest BCUT2D eigenvalue weighted by Gasteiger charge is -2.14. The molecule has 1 saturated heterocycles. The fraction of sp³-hybridized carbons (Fsp3) is 0.667.